The van der Waals surface area contributed by atoms with Crippen molar-refractivity contribution in [3.05, 3.63) is 16.7 Å². The lowest BCUT2D eigenvalue weighted by Crippen LogP contribution is -2.58. The molecule has 0 saturated carbocycles. The van der Waals surface area contributed by atoms with E-state index in [1.165, 1.54) is 6.20 Å². The topological polar surface area (TPSA) is 137 Å². The maximum atomic E-state index is 12.8. The number of nitrogens with zero attached hydrogens (tertiary/aromatic N) is 3. The second-order valence-electron chi connectivity index (χ2n) is 10.6. The van der Waals surface area contributed by atoms with E-state index in [4.69, 9.17) is 14.2 Å². The second-order valence-corrected chi connectivity index (χ2v) is 14.3. The maximum absolute atomic E-state index is 12.8. The van der Waals surface area contributed by atoms with Crippen molar-refractivity contribution in [1.29, 1.82) is 0 Å². The first kappa shape index (κ1) is 28.7. The first-order chi connectivity index (χ1) is 16.2. The zero-order valence-electron chi connectivity index (χ0n) is 20.7. The first-order valence-electron chi connectivity index (χ1n) is 11.1. The molecule has 4 atom stereocenters. The van der Waals surface area contributed by atoms with E-state index in [2.05, 4.69) is 4.98 Å². The number of rotatable bonds is 6. The fraction of sp³-hybridized carbons (Fsp3) is 0.750. The van der Waals surface area contributed by atoms with Gasteiger partial charge in [0, 0.05) is 11.4 Å². The molecule has 3 rings (SSSR count). The van der Waals surface area contributed by atoms with Gasteiger partial charge in [-0.05, 0) is 41.5 Å². The molecule has 3 heterocycles. The summed E-state index contributed by atoms with van der Waals surface area (Å²) in [6.07, 6.45) is -2.73. The van der Waals surface area contributed by atoms with Crippen LogP contribution < -0.4 is 15.4 Å². The zero-order valence-corrected chi connectivity index (χ0v) is 22.9. The van der Waals surface area contributed by atoms with Crippen LogP contribution in [0.25, 0.3) is 0 Å². The molecule has 1 N–H and O–H groups in total. The molecule has 2 aliphatic rings. The van der Waals surface area contributed by atoms with Gasteiger partial charge >= 0.3 is 11.2 Å². The Hall–Kier alpha value is -1.85. The number of aliphatic hydroxyl groups is 1. The highest BCUT2D eigenvalue weighted by Crippen LogP contribution is 2.34. The van der Waals surface area contributed by atoms with Crippen LogP contribution >= 0.6 is 0 Å². The lowest BCUT2D eigenvalue weighted by atomic mass is 10.1. The number of aliphatic hydroxyl groups excluding tert-OH is 1. The largest absolute Gasteiger partial charge is 0.497 e. The number of ether oxygens (including phenoxy) is 3. The average Bonchev–Trinajstić information content (AvgIpc) is 2.95. The third-order valence-corrected chi connectivity index (χ3v) is 8.45. The number of halogens is 3. The molecule has 1 aromatic heterocycles. The quantitative estimate of drug-likeness (QED) is 0.459. The molecule has 1 amide bonds. The number of carbonyl (C=O) groups excluding carboxylic acids is 1. The Labute approximate surface area is 208 Å². The third kappa shape index (κ3) is 6.16. The molecule has 2 aliphatic heterocycles. The molecular formula is C20H30F3N3O8SSi. The predicted molar refractivity (Wildman–Crippen MR) is 124 cm³/mol. The van der Waals surface area contributed by atoms with Crippen LogP contribution in [0.2, 0.25) is 0 Å². The Bertz CT molecular complexity index is 1180. The van der Waals surface area contributed by atoms with Crippen LogP contribution in [0, 0.1) is 0 Å². The molecule has 0 radical (unpaired) electrons. The highest BCUT2D eigenvalue weighted by Gasteiger charge is 2.50. The zero-order chi connectivity index (χ0) is 27.4. The third-order valence-electron chi connectivity index (χ3n) is 5.31. The summed E-state index contributed by atoms with van der Waals surface area (Å²) in [7, 11) is -7.38. The van der Waals surface area contributed by atoms with Crippen molar-refractivity contribution in [2.45, 2.75) is 82.8 Å². The van der Waals surface area contributed by atoms with Crippen molar-refractivity contribution < 1.29 is 45.7 Å². The summed E-state index contributed by atoms with van der Waals surface area (Å²) in [5, 5.41) is 11.4. The molecule has 204 valence electrons. The maximum Gasteiger partial charge on any atom is 0.497 e. The number of alkyl halides is 3. The van der Waals surface area contributed by atoms with Crippen molar-refractivity contribution in [1.82, 2.24) is 9.55 Å². The fourth-order valence-corrected chi connectivity index (χ4v) is 5.93. The lowest BCUT2D eigenvalue weighted by Gasteiger charge is -2.33. The minimum absolute atomic E-state index is 0.0651. The number of amides is 1. The molecule has 1 aromatic rings. The molecular weight excluding hydrogens is 527 g/mol. The van der Waals surface area contributed by atoms with Gasteiger partial charge in [-0.15, -0.1) is 0 Å². The van der Waals surface area contributed by atoms with Crippen molar-refractivity contribution in [2.24, 2.45) is 0 Å². The monoisotopic (exact) mass is 557 g/mol. The highest BCUT2D eigenvalue weighted by atomic mass is 32.2. The Morgan fingerprint density at radius 1 is 1.19 bits per heavy atom. The van der Waals surface area contributed by atoms with Gasteiger partial charge in [-0.3, -0.25) is 9.36 Å². The number of hydrogen-bond donors (Lipinski definition) is 1. The van der Waals surface area contributed by atoms with Gasteiger partial charge in [0.1, 0.15) is 29.9 Å². The Kier molecular flexibility index (Phi) is 7.55. The van der Waals surface area contributed by atoms with Crippen LogP contribution in [0.5, 0.6) is 0 Å². The van der Waals surface area contributed by atoms with Crippen molar-refractivity contribution in [3.8, 4) is 0 Å². The van der Waals surface area contributed by atoms with Crippen LogP contribution in [0.4, 0.5) is 19.0 Å². The SMILES string of the molecule is CC(C)(C)OC[C@H]1OC(n2cc3c(nc2=O)N(C(=O)CS(=O)(=O)C(F)(F)F)[SiH2]3)[C@@H](O)[C@@H]1OC(C)(C)C. The van der Waals surface area contributed by atoms with Gasteiger partial charge in [-0.1, -0.05) is 0 Å². The summed E-state index contributed by atoms with van der Waals surface area (Å²) in [6.45, 7) is 11.0. The normalized spacial score (nSPS) is 25.7. The summed E-state index contributed by atoms with van der Waals surface area (Å²) in [6, 6.07) is 0. The average molecular weight is 558 g/mol. The number of carbonyl (C=O) groups is 1. The van der Waals surface area contributed by atoms with Crippen LogP contribution in [0.1, 0.15) is 47.8 Å². The molecule has 16 heteroatoms. The predicted octanol–water partition coefficient (Wildman–Crippen LogP) is -0.509. The van der Waals surface area contributed by atoms with Crippen LogP contribution in [-0.4, -0.2) is 86.0 Å². The van der Waals surface area contributed by atoms with E-state index in [9.17, 15) is 36.3 Å². The molecule has 0 bridgehead atoms. The fourth-order valence-electron chi connectivity index (χ4n) is 3.68. The minimum Gasteiger partial charge on any atom is -0.386 e. The summed E-state index contributed by atoms with van der Waals surface area (Å²) >= 11 is 0. The van der Waals surface area contributed by atoms with Crippen molar-refractivity contribution >= 4 is 36.4 Å². The van der Waals surface area contributed by atoms with E-state index < -0.39 is 78.1 Å². The van der Waals surface area contributed by atoms with Gasteiger partial charge in [0.15, 0.2) is 15.9 Å². The Morgan fingerprint density at radius 2 is 1.81 bits per heavy atom. The van der Waals surface area contributed by atoms with Crippen molar-refractivity contribution in [3.63, 3.8) is 0 Å². The van der Waals surface area contributed by atoms with Crippen LogP contribution in [0.15, 0.2) is 11.0 Å². The Morgan fingerprint density at radius 3 is 2.33 bits per heavy atom. The van der Waals surface area contributed by atoms with Gasteiger partial charge in [0.05, 0.1) is 17.8 Å². The molecule has 1 fully saturated rings. The molecule has 1 saturated heterocycles. The number of aromatic nitrogens is 2. The first-order valence-corrected chi connectivity index (χ1v) is 14.1. The summed E-state index contributed by atoms with van der Waals surface area (Å²) in [5.41, 5.74) is -7.66. The van der Waals surface area contributed by atoms with E-state index in [1.54, 1.807) is 20.8 Å². The smallest absolute Gasteiger partial charge is 0.386 e. The lowest BCUT2D eigenvalue weighted by molar-refractivity contribution is -0.138. The molecule has 1 unspecified atom stereocenters. The van der Waals surface area contributed by atoms with Gasteiger partial charge in [0.2, 0.25) is 5.91 Å². The van der Waals surface area contributed by atoms with Gasteiger partial charge in [-0.25, -0.2) is 13.2 Å². The van der Waals surface area contributed by atoms with Crippen LogP contribution in [0.3, 0.4) is 0 Å². The second kappa shape index (κ2) is 9.47. The molecule has 11 nitrogen and oxygen atoms in total. The molecule has 36 heavy (non-hydrogen) atoms. The Balaban J connectivity index is 1.83. The minimum atomic E-state index is -5.66. The number of fused-ring (bicyclic) bond motifs is 1. The van der Waals surface area contributed by atoms with Crippen molar-refractivity contribution in [2.75, 3.05) is 16.9 Å². The van der Waals surface area contributed by atoms with E-state index in [0.29, 0.717) is 5.19 Å². The summed E-state index contributed by atoms with van der Waals surface area (Å²) in [4.78, 5) is 28.7. The van der Waals surface area contributed by atoms with Gasteiger partial charge in [-0.2, -0.15) is 18.2 Å². The highest BCUT2D eigenvalue weighted by molar-refractivity contribution is 7.93. The summed E-state index contributed by atoms with van der Waals surface area (Å²) < 4.78 is 80.1. The number of sulfone groups is 1. The van der Waals surface area contributed by atoms with E-state index in [-0.39, 0.29) is 12.4 Å². The molecule has 0 spiro atoms. The number of anilines is 1. The molecule has 0 aromatic carbocycles. The van der Waals surface area contributed by atoms with Gasteiger partial charge in [0.25, 0.3) is 9.84 Å². The van der Waals surface area contributed by atoms with Crippen LogP contribution in [-0.2, 0) is 28.8 Å². The standard InChI is InChI=1S/C20H30F3N3O8SSi/c1-18(2,3)32-8-10-14(34-19(4,5)6)13(28)16(33-10)25-7-11-15(24-17(25)29)26(36-11)12(27)9-35(30,31)20(21,22)23/h7,10,13-14,16,28H,8-9,36H2,1-6H3/t10-,13+,14-,16?/m1/s1. The number of hydrogen-bond acceptors (Lipinski definition) is 9. The molecule has 0 aliphatic carbocycles. The van der Waals surface area contributed by atoms with Gasteiger partial charge < -0.3 is 23.9 Å². The van der Waals surface area contributed by atoms with E-state index in [0.717, 1.165) is 9.13 Å². The summed E-state index contributed by atoms with van der Waals surface area (Å²) in [5.74, 6) is -3.25. The van der Waals surface area contributed by atoms with E-state index >= 15 is 0 Å². The van der Waals surface area contributed by atoms with E-state index in [1.807, 2.05) is 20.8 Å².